The normalized spacial score (nSPS) is 8.00. The number of hydrogen-bond acceptors (Lipinski definition) is 2. The van der Waals surface area contributed by atoms with Gasteiger partial charge in [-0.05, 0) is 0 Å². The zero-order valence-corrected chi connectivity index (χ0v) is 6.38. The van der Waals surface area contributed by atoms with Gasteiger partial charge in [-0.2, -0.15) is 0 Å². The number of hydrogen-bond donors (Lipinski definition) is 0. The maximum absolute atomic E-state index is 9.49. The third-order valence-electron chi connectivity index (χ3n) is 0.347. The first-order valence-corrected chi connectivity index (χ1v) is 1.45. The Labute approximate surface area is 69.3 Å². The van der Waals surface area contributed by atoms with Gasteiger partial charge in [0, 0.05) is 0 Å². The second kappa shape index (κ2) is 6.52. The van der Waals surface area contributed by atoms with Gasteiger partial charge in [0.1, 0.15) is 0 Å². The predicted molar refractivity (Wildman–Crippen MR) is 20.3 cm³/mol. The summed E-state index contributed by atoms with van der Waals surface area (Å²) in [5.41, 5.74) is -0.403. The molecule has 4 heteroatoms. The van der Waals surface area contributed by atoms with Crippen LogP contribution in [0.1, 0.15) is 0 Å². The van der Waals surface area contributed by atoms with Gasteiger partial charge in [-0.1, -0.05) is 0 Å². The molecule has 0 fully saturated rings. The summed E-state index contributed by atoms with van der Waals surface area (Å²) < 4.78 is 0. The van der Waals surface area contributed by atoms with Crippen LogP contribution < -0.4 is 34.7 Å². The molecule has 0 aliphatic heterocycles. The van der Waals surface area contributed by atoms with Gasteiger partial charge in [0.05, 0.1) is 12.6 Å². The number of nitrogens with zero attached hydrogens (tertiary/aromatic N) is 2. The molecule has 0 N–H and O–H groups in total. The summed E-state index contributed by atoms with van der Waals surface area (Å²) in [5.74, 6) is 0. The van der Waals surface area contributed by atoms with E-state index in [0.29, 0.717) is 0 Å². The molecule has 0 bridgehead atoms. The Hall–Kier alpha value is -0.480. The molecule has 0 amide bonds. The maximum atomic E-state index is 9.49. The minimum absolute atomic E-state index is 0. The molecule has 0 aromatic heterocycles. The Bertz CT molecular complexity index is 146. The second-order valence-corrected chi connectivity index (χ2v) is 0.727. The Morgan fingerprint density at radius 2 is 2.38 bits per heavy atom. The fourth-order valence-corrected chi connectivity index (χ4v) is 0.0777. The fourth-order valence-electron chi connectivity index (χ4n) is 0.0777. The van der Waals surface area contributed by atoms with E-state index in [1.807, 2.05) is 0 Å². The maximum Gasteiger partial charge on any atom is 1.00 e. The van der Waals surface area contributed by atoms with E-state index >= 15 is 0 Å². The van der Waals surface area contributed by atoms with Crippen molar-refractivity contribution in [3.05, 3.63) is 23.4 Å². The topological polar surface area (TPSA) is 51.2 Å². The Kier molecular flexibility index (Phi) is 8.55. The molecule has 0 aromatic rings. The van der Waals surface area contributed by atoms with Crippen LogP contribution in [-0.2, 0) is 0 Å². The smallest absolute Gasteiger partial charge is 0.886 e. The first-order valence-electron chi connectivity index (χ1n) is 1.45. The van der Waals surface area contributed by atoms with Crippen molar-refractivity contribution >= 4 is 0 Å². The van der Waals surface area contributed by atoms with Gasteiger partial charge in [-0.15, -0.1) is 6.26 Å². The molecule has 34 valence electrons. The molecule has 0 saturated heterocycles. The molecular formula is C4HN2NaO. The van der Waals surface area contributed by atoms with Crippen LogP contribution in [0.25, 0.3) is 4.85 Å². The average Bonchev–Trinajstić information content (AvgIpc) is 1.72. The van der Waals surface area contributed by atoms with Crippen LogP contribution in [-0.4, -0.2) is 0 Å². The van der Waals surface area contributed by atoms with Gasteiger partial charge in [-0.25, -0.2) is 10.1 Å². The van der Waals surface area contributed by atoms with Crippen molar-refractivity contribution in [1.82, 2.24) is 0 Å². The molecule has 0 unspecified atom stereocenters. The molecule has 0 heterocycles. The Morgan fingerprint density at radius 3 is 2.38 bits per heavy atom. The summed E-state index contributed by atoms with van der Waals surface area (Å²) in [6.07, 6.45) is 0.229. The first kappa shape index (κ1) is 10.5. The monoisotopic (exact) mass is 116 g/mol. The van der Waals surface area contributed by atoms with Crippen molar-refractivity contribution in [3.8, 4) is 6.07 Å². The fraction of sp³-hybridized carbons (Fsp3) is 0. The summed E-state index contributed by atoms with van der Waals surface area (Å²) in [7, 11) is 0. The van der Waals surface area contributed by atoms with E-state index in [4.69, 9.17) is 11.8 Å². The van der Waals surface area contributed by atoms with Gasteiger partial charge in [-0.3, -0.25) is 0 Å². The van der Waals surface area contributed by atoms with Crippen LogP contribution in [0.5, 0.6) is 0 Å². The van der Waals surface area contributed by atoms with Gasteiger partial charge in [0.15, 0.2) is 0 Å². The van der Waals surface area contributed by atoms with Crippen molar-refractivity contribution in [2.45, 2.75) is 0 Å². The Morgan fingerprint density at radius 1 is 1.88 bits per heavy atom. The largest absolute Gasteiger partial charge is 1.00 e. The molecule has 0 spiro atoms. The molecule has 0 aromatic carbocycles. The quantitative estimate of drug-likeness (QED) is 0.143. The van der Waals surface area contributed by atoms with Crippen molar-refractivity contribution in [2.24, 2.45) is 0 Å². The van der Waals surface area contributed by atoms with E-state index < -0.39 is 5.70 Å². The van der Waals surface area contributed by atoms with E-state index in [1.54, 1.807) is 0 Å². The molecule has 0 saturated carbocycles. The molecule has 3 nitrogen and oxygen atoms in total. The SMILES string of the molecule is [C-]#[N+]/C(C#N)=C/[O-].[Na+]. The predicted octanol–water partition coefficient (Wildman–Crippen LogP) is -3.37. The van der Waals surface area contributed by atoms with Gasteiger partial charge >= 0.3 is 29.6 Å². The van der Waals surface area contributed by atoms with E-state index in [-0.39, 0.29) is 35.8 Å². The summed E-state index contributed by atoms with van der Waals surface area (Å²) in [4.78, 5) is 2.56. The standard InChI is InChI=1S/C4H2N2O.Na/c1-6-4(2-5)3-7;/h3,7H;/q;+1/p-1/b4-3+;. The van der Waals surface area contributed by atoms with Crippen LogP contribution in [0, 0.1) is 17.9 Å². The molecule has 0 radical (unpaired) electrons. The molecule has 8 heavy (non-hydrogen) atoms. The molecule has 0 rings (SSSR count). The average molecular weight is 116 g/mol. The summed E-state index contributed by atoms with van der Waals surface area (Å²) in [6.45, 7) is 6.09. The summed E-state index contributed by atoms with van der Waals surface area (Å²) in [6, 6.07) is 1.40. The third kappa shape index (κ3) is 3.70. The van der Waals surface area contributed by atoms with Crippen LogP contribution >= 0.6 is 0 Å². The van der Waals surface area contributed by atoms with Crippen molar-refractivity contribution in [2.75, 3.05) is 0 Å². The minimum Gasteiger partial charge on any atom is -0.886 e. The van der Waals surface area contributed by atoms with Crippen molar-refractivity contribution in [1.29, 1.82) is 5.26 Å². The molecule has 0 aliphatic carbocycles. The Balaban J connectivity index is 0. The second-order valence-electron chi connectivity index (χ2n) is 0.727. The number of rotatable bonds is 0. The van der Waals surface area contributed by atoms with E-state index in [0.717, 1.165) is 0 Å². The molecule has 0 aliphatic rings. The van der Waals surface area contributed by atoms with E-state index in [2.05, 4.69) is 4.85 Å². The first-order chi connectivity index (χ1) is 3.35. The van der Waals surface area contributed by atoms with E-state index in [9.17, 15) is 5.11 Å². The number of allylic oxidation sites excluding steroid dienone is 1. The van der Waals surface area contributed by atoms with Crippen LogP contribution in [0.15, 0.2) is 12.0 Å². The van der Waals surface area contributed by atoms with E-state index in [1.165, 1.54) is 6.07 Å². The van der Waals surface area contributed by atoms with Crippen molar-refractivity contribution in [3.63, 3.8) is 0 Å². The number of nitriles is 1. The third-order valence-corrected chi connectivity index (χ3v) is 0.347. The van der Waals surface area contributed by atoms with Crippen LogP contribution in [0.4, 0.5) is 0 Å². The molecule has 0 atom stereocenters. The van der Waals surface area contributed by atoms with Crippen molar-refractivity contribution < 1.29 is 34.7 Å². The van der Waals surface area contributed by atoms with Crippen LogP contribution in [0.3, 0.4) is 0 Å². The van der Waals surface area contributed by atoms with Gasteiger partial charge in [0.25, 0.3) is 0 Å². The minimum atomic E-state index is -0.403. The zero-order chi connectivity index (χ0) is 5.70. The van der Waals surface area contributed by atoms with Gasteiger partial charge in [0.2, 0.25) is 5.70 Å². The summed E-state index contributed by atoms with van der Waals surface area (Å²) >= 11 is 0. The zero-order valence-electron chi connectivity index (χ0n) is 4.38. The van der Waals surface area contributed by atoms with Crippen LogP contribution in [0.2, 0.25) is 0 Å². The summed E-state index contributed by atoms with van der Waals surface area (Å²) in [5, 5.41) is 17.3. The molecular weight excluding hydrogens is 115 g/mol. The van der Waals surface area contributed by atoms with Gasteiger partial charge < -0.3 is 5.11 Å².